The molecule has 2 N–H and O–H groups in total. The number of unbranched alkanes of at least 4 members (excludes halogenated alkanes) is 1. The number of carbonyl (C=O) groups excluding carboxylic acids is 1. The highest BCUT2D eigenvalue weighted by molar-refractivity contribution is 5.78. The minimum Gasteiger partial charge on any atom is -0.342 e. The first-order valence-electron chi connectivity index (χ1n) is 7.66. The van der Waals surface area contributed by atoms with Gasteiger partial charge in [0.25, 0.3) is 0 Å². The van der Waals surface area contributed by atoms with Gasteiger partial charge in [0, 0.05) is 25.0 Å². The molecular formula is C15H28N2O. The maximum Gasteiger partial charge on any atom is 0.225 e. The van der Waals surface area contributed by atoms with Gasteiger partial charge in [-0.3, -0.25) is 4.79 Å². The highest BCUT2D eigenvalue weighted by Crippen LogP contribution is 2.36. The summed E-state index contributed by atoms with van der Waals surface area (Å²) in [6.07, 6.45) is 6.88. The van der Waals surface area contributed by atoms with E-state index < -0.39 is 0 Å². The minimum absolute atomic E-state index is 0.207. The van der Waals surface area contributed by atoms with Gasteiger partial charge in [0.1, 0.15) is 0 Å². The van der Waals surface area contributed by atoms with Crippen LogP contribution in [-0.2, 0) is 4.79 Å². The van der Waals surface area contributed by atoms with Gasteiger partial charge in [0.15, 0.2) is 0 Å². The molecule has 0 bridgehead atoms. The van der Waals surface area contributed by atoms with Gasteiger partial charge in [-0.2, -0.15) is 0 Å². The van der Waals surface area contributed by atoms with Crippen molar-refractivity contribution in [2.45, 2.75) is 58.4 Å². The van der Waals surface area contributed by atoms with Crippen LogP contribution in [0.15, 0.2) is 0 Å². The molecule has 2 rings (SSSR count). The quantitative estimate of drug-likeness (QED) is 0.835. The van der Waals surface area contributed by atoms with E-state index in [2.05, 4.69) is 18.7 Å². The van der Waals surface area contributed by atoms with Crippen LogP contribution >= 0.6 is 0 Å². The van der Waals surface area contributed by atoms with Crippen LogP contribution in [0.3, 0.4) is 0 Å². The average molecular weight is 252 g/mol. The topological polar surface area (TPSA) is 46.3 Å². The predicted octanol–water partition coefficient (Wildman–Crippen LogP) is 2.40. The van der Waals surface area contributed by atoms with Crippen molar-refractivity contribution in [1.29, 1.82) is 0 Å². The lowest BCUT2D eigenvalue weighted by atomic mass is 9.79. The first-order valence-corrected chi connectivity index (χ1v) is 7.66. The lowest BCUT2D eigenvalue weighted by Crippen LogP contribution is -2.34. The van der Waals surface area contributed by atoms with E-state index in [4.69, 9.17) is 5.73 Å². The predicted molar refractivity (Wildman–Crippen MR) is 74.1 cm³/mol. The summed E-state index contributed by atoms with van der Waals surface area (Å²) in [7, 11) is 0. The Balaban J connectivity index is 1.86. The molecule has 1 aliphatic carbocycles. The van der Waals surface area contributed by atoms with Crippen LogP contribution in [0.5, 0.6) is 0 Å². The standard InChI is InChI=1S/C15H28N2O/c1-3-4-5-11(2)15(18)17-9-12-6-7-14(16)8-13(12)10-17/h11-14H,3-10,16H2,1-2H3/t11?,12-,13+,14?/m1/s1. The van der Waals surface area contributed by atoms with Crippen molar-refractivity contribution >= 4 is 5.91 Å². The molecule has 1 aliphatic heterocycles. The van der Waals surface area contributed by atoms with Crippen molar-refractivity contribution in [3.8, 4) is 0 Å². The highest BCUT2D eigenvalue weighted by atomic mass is 16.2. The molecular weight excluding hydrogens is 224 g/mol. The summed E-state index contributed by atoms with van der Waals surface area (Å²) in [6.45, 7) is 6.23. The van der Waals surface area contributed by atoms with E-state index in [1.807, 2.05) is 0 Å². The maximum absolute atomic E-state index is 12.4. The Kier molecular flexibility index (Phi) is 4.66. The number of fused-ring (bicyclic) bond motifs is 1. The first kappa shape index (κ1) is 13.9. The number of amides is 1. The molecule has 3 nitrogen and oxygen atoms in total. The molecule has 1 amide bonds. The average Bonchev–Trinajstić information content (AvgIpc) is 2.77. The zero-order valence-electron chi connectivity index (χ0n) is 11.9. The number of rotatable bonds is 4. The van der Waals surface area contributed by atoms with E-state index in [1.165, 1.54) is 19.3 Å². The van der Waals surface area contributed by atoms with E-state index >= 15 is 0 Å². The van der Waals surface area contributed by atoms with Crippen molar-refractivity contribution in [1.82, 2.24) is 4.90 Å². The summed E-state index contributed by atoms with van der Waals surface area (Å²) >= 11 is 0. The summed E-state index contributed by atoms with van der Waals surface area (Å²) < 4.78 is 0. The molecule has 0 aromatic heterocycles. The SMILES string of the molecule is CCCCC(C)C(=O)N1C[C@H]2CCC(N)C[C@H]2C1. The van der Waals surface area contributed by atoms with Crippen molar-refractivity contribution in [3.05, 3.63) is 0 Å². The summed E-state index contributed by atoms with van der Waals surface area (Å²) in [5, 5.41) is 0. The molecule has 3 heteroatoms. The monoisotopic (exact) mass is 252 g/mol. The van der Waals surface area contributed by atoms with Crippen molar-refractivity contribution in [2.75, 3.05) is 13.1 Å². The molecule has 0 spiro atoms. The number of nitrogens with two attached hydrogens (primary N) is 1. The fraction of sp³-hybridized carbons (Fsp3) is 0.933. The lowest BCUT2D eigenvalue weighted by Gasteiger charge is -2.27. The van der Waals surface area contributed by atoms with Crippen LogP contribution in [-0.4, -0.2) is 29.9 Å². The van der Waals surface area contributed by atoms with Crippen molar-refractivity contribution in [2.24, 2.45) is 23.5 Å². The number of hydrogen-bond acceptors (Lipinski definition) is 2. The second kappa shape index (κ2) is 6.05. The smallest absolute Gasteiger partial charge is 0.225 e. The van der Waals surface area contributed by atoms with Gasteiger partial charge in [-0.25, -0.2) is 0 Å². The molecule has 1 saturated carbocycles. The van der Waals surface area contributed by atoms with Crippen LogP contribution in [0.25, 0.3) is 0 Å². The van der Waals surface area contributed by atoms with Gasteiger partial charge in [0.2, 0.25) is 5.91 Å². The second-order valence-electron chi connectivity index (χ2n) is 6.38. The Morgan fingerprint density at radius 3 is 2.78 bits per heavy atom. The van der Waals surface area contributed by atoms with E-state index in [-0.39, 0.29) is 5.92 Å². The van der Waals surface area contributed by atoms with Crippen molar-refractivity contribution < 1.29 is 4.79 Å². The highest BCUT2D eigenvalue weighted by Gasteiger charge is 2.39. The van der Waals surface area contributed by atoms with Gasteiger partial charge in [-0.05, 0) is 37.5 Å². The Bertz CT molecular complexity index is 292. The summed E-state index contributed by atoms with van der Waals surface area (Å²) in [5.74, 6) is 1.99. The molecule has 104 valence electrons. The first-order chi connectivity index (χ1) is 8.61. The van der Waals surface area contributed by atoms with Crippen LogP contribution in [0.4, 0.5) is 0 Å². The summed E-state index contributed by atoms with van der Waals surface area (Å²) in [5.41, 5.74) is 6.03. The third kappa shape index (κ3) is 3.05. The van der Waals surface area contributed by atoms with Crippen molar-refractivity contribution in [3.63, 3.8) is 0 Å². The summed E-state index contributed by atoms with van der Waals surface area (Å²) in [4.78, 5) is 14.5. The van der Waals surface area contributed by atoms with Gasteiger partial charge in [-0.1, -0.05) is 26.7 Å². The van der Waals surface area contributed by atoms with Gasteiger partial charge in [-0.15, -0.1) is 0 Å². The van der Waals surface area contributed by atoms with Crippen LogP contribution in [0, 0.1) is 17.8 Å². The maximum atomic E-state index is 12.4. The third-order valence-corrected chi connectivity index (χ3v) is 4.81. The normalized spacial score (nSPS) is 33.3. The van der Waals surface area contributed by atoms with E-state index in [0.717, 1.165) is 38.3 Å². The Labute approximate surface area is 111 Å². The molecule has 4 atom stereocenters. The van der Waals surface area contributed by atoms with E-state index in [1.54, 1.807) is 0 Å². The molecule has 2 fully saturated rings. The Hall–Kier alpha value is -0.570. The molecule has 0 aromatic rings. The molecule has 2 aliphatic rings. The largest absolute Gasteiger partial charge is 0.342 e. The van der Waals surface area contributed by atoms with Crippen LogP contribution in [0.1, 0.15) is 52.4 Å². The summed E-state index contributed by atoms with van der Waals surface area (Å²) in [6, 6.07) is 0.374. The molecule has 0 radical (unpaired) electrons. The zero-order valence-corrected chi connectivity index (χ0v) is 11.9. The van der Waals surface area contributed by atoms with E-state index in [0.29, 0.717) is 17.9 Å². The van der Waals surface area contributed by atoms with E-state index in [9.17, 15) is 4.79 Å². The fourth-order valence-corrected chi connectivity index (χ4v) is 3.59. The molecule has 1 heterocycles. The third-order valence-electron chi connectivity index (χ3n) is 4.81. The molecule has 2 unspecified atom stereocenters. The molecule has 18 heavy (non-hydrogen) atoms. The number of carbonyl (C=O) groups is 1. The number of nitrogens with zero attached hydrogens (tertiary/aromatic N) is 1. The number of likely N-dealkylation sites (tertiary alicyclic amines) is 1. The van der Waals surface area contributed by atoms with Gasteiger partial charge >= 0.3 is 0 Å². The molecule has 0 aromatic carbocycles. The Morgan fingerprint density at radius 1 is 1.33 bits per heavy atom. The molecule has 1 saturated heterocycles. The second-order valence-corrected chi connectivity index (χ2v) is 6.38. The Morgan fingerprint density at radius 2 is 2.06 bits per heavy atom. The van der Waals surface area contributed by atoms with Crippen LogP contribution in [0.2, 0.25) is 0 Å². The number of hydrogen-bond donors (Lipinski definition) is 1. The zero-order chi connectivity index (χ0) is 13.1. The lowest BCUT2D eigenvalue weighted by molar-refractivity contribution is -0.134. The van der Waals surface area contributed by atoms with Gasteiger partial charge in [0.05, 0.1) is 0 Å². The fourth-order valence-electron chi connectivity index (χ4n) is 3.59. The minimum atomic E-state index is 0.207. The van der Waals surface area contributed by atoms with Crippen LogP contribution < -0.4 is 5.73 Å². The van der Waals surface area contributed by atoms with Gasteiger partial charge < -0.3 is 10.6 Å².